The van der Waals surface area contributed by atoms with Crippen LogP contribution in [-0.4, -0.2) is 58.0 Å². The maximum atomic E-state index is 13.6. The molecule has 6 aromatic carbocycles. The number of rotatable bonds is 11. The van der Waals surface area contributed by atoms with E-state index in [0.717, 1.165) is 16.7 Å². The lowest BCUT2D eigenvalue weighted by Crippen LogP contribution is -2.76. The highest BCUT2D eigenvalue weighted by Gasteiger charge is 2.66. The van der Waals surface area contributed by atoms with E-state index in [9.17, 15) is 20.1 Å². The van der Waals surface area contributed by atoms with Gasteiger partial charge in [-0.25, -0.2) is 0 Å². The summed E-state index contributed by atoms with van der Waals surface area (Å²) in [7, 11) is 0. The van der Waals surface area contributed by atoms with Crippen molar-refractivity contribution in [1.82, 2.24) is 5.32 Å². The van der Waals surface area contributed by atoms with Crippen LogP contribution in [0.5, 0.6) is 0 Å². The van der Waals surface area contributed by atoms with Gasteiger partial charge in [-0.05, 0) is 33.4 Å². The van der Waals surface area contributed by atoms with E-state index in [1.807, 2.05) is 182 Å². The molecule has 1 saturated heterocycles. The molecule has 1 aliphatic heterocycles. The number of hydrogen-bond donors (Lipinski definition) is 4. The molecule has 1 aliphatic rings. The van der Waals surface area contributed by atoms with Crippen molar-refractivity contribution < 1.29 is 29.6 Å². The second kappa shape index (κ2) is 15.3. The molecule has 7 nitrogen and oxygen atoms in total. The average molecular weight is 706 g/mol. The van der Waals surface area contributed by atoms with Crippen LogP contribution in [0.2, 0.25) is 0 Å². The Morgan fingerprint density at radius 2 is 0.906 bits per heavy atom. The molecular weight excluding hydrogens is 663 g/mol. The maximum Gasteiger partial charge on any atom is 0.217 e. The SMILES string of the molecule is CC(=O)N[C@@H]1[C@@H](O)[C@H](O)[C@@H](COC(c2ccccc2)(c2ccccc2)c2ccccc2)OC1(O)C(c1ccccc1)(c1ccccc1)c1ccccc1. The van der Waals surface area contributed by atoms with Crippen LogP contribution in [0.1, 0.15) is 40.3 Å². The first-order chi connectivity index (χ1) is 25.8. The number of carbonyl (C=O) groups is 1. The number of carbonyl (C=O) groups excluding carboxylic acids is 1. The molecule has 0 aromatic heterocycles. The molecule has 53 heavy (non-hydrogen) atoms. The molecule has 0 spiro atoms. The fourth-order valence-electron chi connectivity index (χ4n) is 8.04. The van der Waals surface area contributed by atoms with E-state index in [0.29, 0.717) is 16.7 Å². The van der Waals surface area contributed by atoms with Crippen molar-refractivity contribution in [2.75, 3.05) is 6.61 Å². The number of amides is 1. The van der Waals surface area contributed by atoms with Crippen LogP contribution >= 0.6 is 0 Å². The van der Waals surface area contributed by atoms with Gasteiger partial charge in [-0.2, -0.15) is 0 Å². The Labute approximate surface area is 310 Å². The molecule has 4 N–H and O–H groups in total. The molecule has 1 unspecified atom stereocenters. The Kier molecular flexibility index (Phi) is 10.4. The van der Waals surface area contributed by atoms with E-state index in [1.165, 1.54) is 6.92 Å². The Hall–Kier alpha value is -5.41. The first-order valence-corrected chi connectivity index (χ1v) is 17.8. The van der Waals surface area contributed by atoms with Crippen LogP contribution in [0.3, 0.4) is 0 Å². The van der Waals surface area contributed by atoms with Gasteiger partial charge in [0.05, 0.1) is 6.61 Å². The van der Waals surface area contributed by atoms with Gasteiger partial charge in [0.15, 0.2) is 0 Å². The van der Waals surface area contributed by atoms with Crippen LogP contribution in [0.4, 0.5) is 0 Å². The second-order valence-corrected chi connectivity index (χ2v) is 13.5. The third kappa shape index (κ3) is 6.37. The number of hydrogen-bond acceptors (Lipinski definition) is 6. The maximum absolute atomic E-state index is 13.6. The third-order valence-electron chi connectivity index (χ3n) is 10.3. The minimum atomic E-state index is -2.40. The Morgan fingerprint density at radius 3 is 1.23 bits per heavy atom. The van der Waals surface area contributed by atoms with Gasteiger partial charge in [0, 0.05) is 6.92 Å². The van der Waals surface area contributed by atoms with Crippen molar-refractivity contribution in [2.24, 2.45) is 0 Å². The van der Waals surface area contributed by atoms with Crippen molar-refractivity contribution >= 4 is 5.91 Å². The molecule has 0 radical (unpaired) electrons. The highest BCUT2D eigenvalue weighted by Crippen LogP contribution is 2.53. The van der Waals surface area contributed by atoms with E-state index in [4.69, 9.17) is 9.47 Å². The predicted molar refractivity (Wildman–Crippen MR) is 204 cm³/mol. The summed E-state index contributed by atoms with van der Waals surface area (Å²) >= 11 is 0. The Morgan fingerprint density at radius 1 is 0.585 bits per heavy atom. The minimum absolute atomic E-state index is 0.263. The summed E-state index contributed by atoms with van der Waals surface area (Å²) in [6, 6.07) is 56.1. The lowest BCUT2D eigenvalue weighted by Gasteiger charge is -2.57. The van der Waals surface area contributed by atoms with Gasteiger partial charge >= 0.3 is 0 Å². The summed E-state index contributed by atoms with van der Waals surface area (Å²) in [5, 5.41) is 40.4. The lowest BCUT2D eigenvalue weighted by molar-refractivity contribution is -0.339. The highest BCUT2D eigenvalue weighted by molar-refractivity contribution is 5.74. The third-order valence-corrected chi connectivity index (χ3v) is 10.3. The largest absolute Gasteiger partial charge is 0.388 e. The van der Waals surface area contributed by atoms with E-state index in [-0.39, 0.29) is 6.61 Å². The smallest absolute Gasteiger partial charge is 0.217 e. The van der Waals surface area contributed by atoms with Gasteiger partial charge < -0.3 is 30.1 Å². The molecular formula is C46H43NO6. The number of benzene rings is 6. The summed E-state index contributed by atoms with van der Waals surface area (Å²) in [4.78, 5) is 12.9. The molecule has 6 aromatic rings. The highest BCUT2D eigenvalue weighted by atomic mass is 16.7. The fourth-order valence-corrected chi connectivity index (χ4v) is 8.04. The number of nitrogens with one attached hydrogen (secondary N) is 1. The zero-order chi connectivity index (χ0) is 36.9. The van der Waals surface area contributed by atoms with Crippen molar-refractivity contribution in [1.29, 1.82) is 0 Å². The summed E-state index contributed by atoms with van der Waals surface area (Å²) in [6.07, 6.45) is -4.54. The average Bonchev–Trinajstić information content (AvgIpc) is 3.21. The minimum Gasteiger partial charge on any atom is -0.388 e. The standard InChI is InChI=1S/C46H43NO6/c1-33(48)47-43-42(50)41(49)40(32-52-45(37-26-14-5-15-27-37,38-28-16-6-17-29-38)39-30-18-7-19-31-39)53-46(43,51)44(34-20-8-2-9-21-34,35-22-10-3-11-23-35)36-24-12-4-13-25-36/h2-31,40-43,49-51H,32H2,1H3,(H,47,48)/t40-,41-,42+,43-,46?/m1/s1. The Bertz CT molecular complexity index is 1870. The number of ether oxygens (including phenoxy) is 2. The normalized spacial score (nSPS) is 21.8. The van der Waals surface area contributed by atoms with Gasteiger partial charge in [0.25, 0.3) is 0 Å². The summed E-state index contributed by atoms with van der Waals surface area (Å²) < 4.78 is 14.0. The first kappa shape index (κ1) is 36.0. The van der Waals surface area contributed by atoms with Crippen LogP contribution in [0.15, 0.2) is 182 Å². The quantitative estimate of drug-likeness (QED) is 0.117. The van der Waals surface area contributed by atoms with Crippen molar-refractivity contribution in [3.63, 3.8) is 0 Å². The summed E-state index contributed by atoms with van der Waals surface area (Å²) in [5.41, 5.74) is 1.71. The van der Waals surface area contributed by atoms with Crippen LogP contribution in [0, 0.1) is 0 Å². The van der Waals surface area contributed by atoms with Gasteiger partial charge in [-0.1, -0.05) is 182 Å². The Balaban J connectivity index is 1.43. The number of aliphatic hydroxyl groups is 3. The molecule has 0 bridgehead atoms. The second-order valence-electron chi connectivity index (χ2n) is 13.5. The van der Waals surface area contributed by atoms with Crippen LogP contribution in [0.25, 0.3) is 0 Å². The van der Waals surface area contributed by atoms with E-state index >= 15 is 0 Å². The van der Waals surface area contributed by atoms with Crippen LogP contribution in [-0.2, 0) is 25.3 Å². The molecule has 7 heteroatoms. The summed E-state index contributed by atoms with van der Waals surface area (Å²) in [6.45, 7) is 1.04. The molecule has 5 atom stereocenters. The fraction of sp³-hybridized carbons (Fsp3) is 0.196. The lowest BCUT2D eigenvalue weighted by atomic mass is 9.60. The molecule has 7 rings (SSSR count). The van der Waals surface area contributed by atoms with Gasteiger partial charge in [0.2, 0.25) is 11.7 Å². The molecule has 0 aliphatic carbocycles. The monoisotopic (exact) mass is 705 g/mol. The van der Waals surface area contributed by atoms with E-state index in [2.05, 4.69) is 5.32 Å². The molecule has 0 saturated carbocycles. The molecule has 1 fully saturated rings. The van der Waals surface area contributed by atoms with E-state index < -0.39 is 47.1 Å². The zero-order valence-electron chi connectivity index (χ0n) is 29.4. The van der Waals surface area contributed by atoms with Gasteiger partial charge in [-0.15, -0.1) is 0 Å². The van der Waals surface area contributed by atoms with Crippen molar-refractivity contribution in [2.45, 2.75) is 48.1 Å². The zero-order valence-corrected chi connectivity index (χ0v) is 29.4. The first-order valence-electron chi connectivity index (χ1n) is 17.8. The topological polar surface area (TPSA) is 108 Å². The molecule has 1 heterocycles. The summed E-state index contributed by atoms with van der Waals surface area (Å²) in [5.74, 6) is -2.91. The number of aliphatic hydroxyl groups excluding tert-OH is 2. The van der Waals surface area contributed by atoms with E-state index in [1.54, 1.807) is 0 Å². The van der Waals surface area contributed by atoms with Crippen LogP contribution < -0.4 is 5.32 Å². The van der Waals surface area contributed by atoms with Crippen molar-refractivity contribution in [3.05, 3.63) is 215 Å². The van der Waals surface area contributed by atoms with Gasteiger partial charge in [-0.3, -0.25) is 4.79 Å². The molecule has 1 amide bonds. The van der Waals surface area contributed by atoms with Crippen molar-refractivity contribution in [3.8, 4) is 0 Å². The molecule has 268 valence electrons. The predicted octanol–water partition coefficient (Wildman–Crippen LogP) is 6.34. The van der Waals surface area contributed by atoms with Gasteiger partial charge in [0.1, 0.15) is 35.4 Å².